The zero-order chi connectivity index (χ0) is 17.4. The van der Waals surface area contributed by atoms with Crippen molar-refractivity contribution in [3.05, 3.63) is 59.9 Å². The molecule has 0 fully saturated rings. The van der Waals surface area contributed by atoms with Gasteiger partial charge in [-0.15, -0.1) is 5.10 Å². The summed E-state index contributed by atoms with van der Waals surface area (Å²) in [7, 11) is 0. The number of carbonyl (C=O) groups is 1. The van der Waals surface area contributed by atoms with Gasteiger partial charge in [-0.25, -0.2) is 14.5 Å². The molecule has 0 aliphatic carbocycles. The van der Waals surface area contributed by atoms with E-state index in [0.29, 0.717) is 11.5 Å². The number of imidazole rings is 1. The van der Waals surface area contributed by atoms with E-state index in [9.17, 15) is 4.79 Å². The van der Waals surface area contributed by atoms with Crippen molar-refractivity contribution in [3.63, 3.8) is 0 Å². The standard InChI is InChI=1S/C17H15N7O/c1-10-8-11(2)24-17(20-10)22-15(23-24)16(25)21-13-5-3-4-12(9-13)14-18-6-7-19-14/h3-9H,1-2H3,(H,18,19)(H,21,25). The van der Waals surface area contributed by atoms with Crippen molar-refractivity contribution in [3.8, 4) is 11.4 Å². The van der Waals surface area contributed by atoms with Crippen LogP contribution < -0.4 is 5.32 Å². The maximum absolute atomic E-state index is 12.5. The molecule has 0 aliphatic rings. The molecule has 0 spiro atoms. The van der Waals surface area contributed by atoms with E-state index in [1.54, 1.807) is 23.0 Å². The predicted molar refractivity (Wildman–Crippen MR) is 92.2 cm³/mol. The quantitative estimate of drug-likeness (QED) is 0.599. The van der Waals surface area contributed by atoms with Crippen LogP contribution in [0.3, 0.4) is 0 Å². The van der Waals surface area contributed by atoms with Gasteiger partial charge in [-0.1, -0.05) is 12.1 Å². The molecule has 3 aromatic heterocycles. The van der Waals surface area contributed by atoms with E-state index in [1.807, 2.05) is 38.1 Å². The number of amides is 1. The van der Waals surface area contributed by atoms with Crippen LogP contribution in [0.2, 0.25) is 0 Å². The summed E-state index contributed by atoms with van der Waals surface area (Å²) in [6, 6.07) is 9.28. The smallest absolute Gasteiger partial charge is 0.295 e. The normalized spacial score (nSPS) is 11.0. The SMILES string of the molecule is Cc1cc(C)n2nc(C(=O)Nc3cccc(-c4ncc[nH]4)c3)nc2n1. The van der Waals surface area contributed by atoms with Crippen molar-refractivity contribution >= 4 is 17.4 Å². The minimum absolute atomic E-state index is 0.0737. The lowest BCUT2D eigenvalue weighted by molar-refractivity contribution is 0.101. The first-order valence-corrected chi connectivity index (χ1v) is 7.72. The lowest BCUT2D eigenvalue weighted by Crippen LogP contribution is -2.14. The molecule has 124 valence electrons. The van der Waals surface area contributed by atoms with Crippen LogP contribution >= 0.6 is 0 Å². The minimum atomic E-state index is -0.390. The van der Waals surface area contributed by atoms with Gasteiger partial charge in [-0.05, 0) is 32.0 Å². The molecule has 8 nitrogen and oxygen atoms in total. The van der Waals surface area contributed by atoms with Gasteiger partial charge in [0, 0.05) is 35.0 Å². The van der Waals surface area contributed by atoms with Crippen LogP contribution in [0.4, 0.5) is 5.69 Å². The molecule has 0 unspecified atom stereocenters. The third-order valence-corrected chi connectivity index (χ3v) is 3.71. The second-order valence-corrected chi connectivity index (χ2v) is 5.66. The Morgan fingerprint density at radius 1 is 1.20 bits per heavy atom. The Balaban J connectivity index is 1.62. The molecule has 0 saturated carbocycles. The molecule has 0 radical (unpaired) electrons. The van der Waals surface area contributed by atoms with Crippen LogP contribution in [0.5, 0.6) is 0 Å². The van der Waals surface area contributed by atoms with Gasteiger partial charge in [0.15, 0.2) is 0 Å². The number of rotatable bonds is 3. The maximum Gasteiger partial charge on any atom is 0.295 e. The molecule has 8 heteroatoms. The highest BCUT2D eigenvalue weighted by atomic mass is 16.2. The lowest BCUT2D eigenvalue weighted by Gasteiger charge is -2.04. The topological polar surface area (TPSA) is 101 Å². The second-order valence-electron chi connectivity index (χ2n) is 5.66. The fourth-order valence-electron chi connectivity index (χ4n) is 2.62. The highest BCUT2D eigenvalue weighted by Crippen LogP contribution is 2.19. The highest BCUT2D eigenvalue weighted by Gasteiger charge is 2.15. The summed E-state index contributed by atoms with van der Waals surface area (Å²) >= 11 is 0. The van der Waals surface area contributed by atoms with E-state index in [0.717, 1.165) is 22.8 Å². The van der Waals surface area contributed by atoms with Gasteiger partial charge in [0.2, 0.25) is 5.82 Å². The molecule has 0 atom stereocenters. The average molecular weight is 333 g/mol. The summed E-state index contributed by atoms with van der Waals surface area (Å²) in [5.41, 5.74) is 3.21. The van der Waals surface area contributed by atoms with Crippen LogP contribution in [0.1, 0.15) is 22.0 Å². The summed E-state index contributed by atoms with van der Waals surface area (Å²) in [4.78, 5) is 28.2. The number of aromatic nitrogens is 6. The molecular weight excluding hydrogens is 318 g/mol. The number of anilines is 1. The Morgan fingerprint density at radius 3 is 2.88 bits per heavy atom. The number of H-pyrrole nitrogens is 1. The number of fused-ring (bicyclic) bond motifs is 1. The van der Waals surface area contributed by atoms with E-state index >= 15 is 0 Å². The minimum Gasteiger partial charge on any atom is -0.345 e. The van der Waals surface area contributed by atoms with E-state index in [-0.39, 0.29) is 11.7 Å². The number of aromatic amines is 1. The Hall–Kier alpha value is -3.55. The van der Waals surface area contributed by atoms with Crippen molar-refractivity contribution in [2.24, 2.45) is 0 Å². The molecule has 4 aromatic rings. The van der Waals surface area contributed by atoms with Gasteiger partial charge in [0.05, 0.1) is 0 Å². The Bertz CT molecular complexity index is 1070. The lowest BCUT2D eigenvalue weighted by atomic mass is 10.2. The molecular formula is C17H15N7O. The number of benzene rings is 1. The first kappa shape index (κ1) is 15.0. The predicted octanol–water partition coefficient (Wildman–Crippen LogP) is 2.38. The molecule has 2 N–H and O–H groups in total. The van der Waals surface area contributed by atoms with Crippen LogP contribution in [-0.2, 0) is 0 Å². The van der Waals surface area contributed by atoms with Gasteiger partial charge in [-0.2, -0.15) is 4.98 Å². The van der Waals surface area contributed by atoms with Crippen LogP contribution in [-0.4, -0.2) is 35.5 Å². The summed E-state index contributed by atoms with van der Waals surface area (Å²) in [6.45, 7) is 3.77. The Kier molecular flexibility index (Phi) is 3.50. The molecule has 0 saturated heterocycles. The fourth-order valence-corrected chi connectivity index (χ4v) is 2.62. The molecule has 1 aromatic carbocycles. The summed E-state index contributed by atoms with van der Waals surface area (Å²) < 4.78 is 1.56. The van der Waals surface area contributed by atoms with Gasteiger partial charge >= 0.3 is 0 Å². The molecule has 1 amide bonds. The zero-order valence-corrected chi connectivity index (χ0v) is 13.7. The zero-order valence-electron chi connectivity index (χ0n) is 13.7. The average Bonchev–Trinajstić information content (AvgIpc) is 3.24. The molecule has 0 aliphatic heterocycles. The summed E-state index contributed by atoms with van der Waals surface area (Å²) in [6.07, 6.45) is 3.43. The summed E-state index contributed by atoms with van der Waals surface area (Å²) in [5, 5.41) is 7.04. The van der Waals surface area contributed by atoms with Crippen molar-refractivity contribution in [1.82, 2.24) is 29.5 Å². The number of carbonyl (C=O) groups excluding carboxylic acids is 1. The van der Waals surface area contributed by atoms with Gasteiger partial charge < -0.3 is 10.3 Å². The second kappa shape index (κ2) is 5.82. The number of hydrogen-bond donors (Lipinski definition) is 2. The highest BCUT2D eigenvalue weighted by molar-refractivity contribution is 6.02. The number of nitrogens with zero attached hydrogens (tertiary/aromatic N) is 5. The molecule has 3 heterocycles. The molecule has 25 heavy (non-hydrogen) atoms. The van der Waals surface area contributed by atoms with Crippen molar-refractivity contribution < 1.29 is 4.79 Å². The molecule has 4 rings (SSSR count). The summed E-state index contributed by atoms with van der Waals surface area (Å²) in [5.74, 6) is 0.827. The van der Waals surface area contributed by atoms with E-state index in [1.165, 1.54) is 0 Å². The van der Waals surface area contributed by atoms with E-state index in [2.05, 4.69) is 30.4 Å². The van der Waals surface area contributed by atoms with Crippen LogP contribution in [0.15, 0.2) is 42.7 Å². The number of hydrogen-bond acceptors (Lipinski definition) is 5. The van der Waals surface area contributed by atoms with Gasteiger partial charge in [0.25, 0.3) is 11.7 Å². The van der Waals surface area contributed by atoms with E-state index in [4.69, 9.17) is 0 Å². The van der Waals surface area contributed by atoms with E-state index < -0.39 is 0 Å². The van der Waals surface area contributed by atoms with Crippen molar-refractivity contribution in [1.29, 1.82) is 0 Å². The largest absolute Gasteiger partial charge is 0.345 e. The third-order valence-electron chi connectivity index (χ3n) is 3.71. The van der Waals surface area contributed by atoms with Gasteiger partial charge in [0.1, 0.15) is 5.82 Å². The first-order valence-electron chi connectivity index (χ1n) is 7.72. The van der Waals surface area contributed by atoms with Crippen molar-refractivity contribution in [2.45, 2.75) is 13.8 Å². The van der Waals surface area contributed by atoms with Crippen LogP contribution in [0.25, 0.3) is 17.2 Å². The third kappa shape index (κ3) is 2.85. The molecule has 0 bridgehead atoms. The Morgan fingerprint density at radius 2 is 2.08 bits per heavy atom. The fraction of sp³-hybridized carbons (Fsp3) is 0.118. The first-order chi connectivity index (χ1) is 12.1. The Labute approximate surface area is 143 Å². The van der Waals surface area contributed by atoms with Gasteiger partial charge in [-0.3, -0.25) is 4.79 Å². The van der Waals surface area contributed by atoms with Crippen molar-refractivity contribution in [2.75, 3.05) is 5.32 Å². The maximum atomic E-state index is 12.5. The van der Waals surface area contributed by atoms with Crippen LogP contribution in [0, 0.1) is 13.8 Å². The number of aryl methyl sites for hydroxylation is 2. The monoisotopic (exact) mass is 333 g/mol. The number of nitrogens with one attached hydrogen (secondary N) is 2.